The third-order valence-electron chi connectivity index (χ3n) is 2.50. The average molecular weight is 324 g/mol. The van der Waals surface area contributed by atoms with Crippen molar-refractivity contribution in [3.05, 3.63) is 24.3 Å². The Balaban J connectivity index is 1.90. The van der Waals surface area contributed by atoms with E-state index in [4.69, 9.17) is 10.5 Å². The van der Waals surface area contributed by atoms with Crippen LogP contribution >= 0.6 is 23.1 Å². The highest BCUT2D eigenvalue weighted by molar-refractivity contribution is 8.02. The Hall–Kier alpha value is -1.80. The third-order valence-corrected chi connectivity index (χ3v) is 4.44. The molecule has 0 unspecified atom stereocenters. The van der Waals surface area contributed by atoms with Crippen molar-refractivity contribution in [3.63, 3.8) is 0 Å². The summed E-state index contributed by atoms with van der Waals surface area (Å²) in [6, 6.07) is 7.26. The number of benzene rings is 1. The molecule has 0 fully saturated rings. The Labute approximate surface area is 131 Å². The molecule has 1 aromatic heterocycles. The van der Waals surface area contributed by atoms with Gasteiger partial charge in [0.05, 0.1) is 11.9 Å². The zero-order valence-electron chi connectivity index (χ0n) is 11.7. The van der Waals surface area contributed by atoms with Crippen LogP contribution in [0.4, 0.5) is 10.8 Å². The summed E-state index contributed by atoms with van der Waals surface area (Å²) in [5.41, 5.74) is 6.24. The summed E-state index contributed by atoms with van der Waals surface area (Å²) in [5, 5.41) is 10.6. The molecule has 0 aliphatic carbocycles. The molecule has 1 aromatic carbocycles. The molecule has 3 N–H and O–H groups in total. The van der Waals surface area contributed by atoms with Gasteiger partial charge in [-0.05, 0) is 38.1 Å². The van der Waals surface area contributed by atoms with Crippen LogP contribution in [-0.4, -0.2) is 28.0 Å². The van der Waals surface area contributed by atoms with Gasteiger partial charge in [0.2, 0.25) is 11.0 Å². The van der Waals surface area contributed by atoms with Gasteiger partial charge in [0, 0.05) is 5.69 Å². The number of nitrogens with zero attached hydrogens (tertiary/aromatic N) is 2. The largest absolute Gasteiger partial charge is 0.494 e. The number of hydrogen-bond donors (Lipinski definition) is 2. The third kappa shape index (κ3) is 4.61. The standard InChI is InChI=1S/C13H16N4O2S2/c1-3-19-10-6-4-9(5-7-10)15-11(18)8(2)20-13-17-16-12(14)21-13/h4-8H,3H2,1-2H3,(H2,14,16)(H,15,18)/t8-/m1/s1. The first-order valence-corrected chi connectivity index (χ1v) is 8.07. The molecule has 0 saturated carbocycles. The maximum absolute atomic E-state index is 12.1. The van der Waals surface area contributed by atoms with Crippen molar-refractivity contribution in [2.75, 3.05) is 17.7 Å². The fraction of sp³-hybridized carbons (Fsp3) is 0.308. The lowest BCUT2D eigenvalue weighted by Gasteiger charge is -2.10. The molecule has 0 bridgehead atoms. The normalized spacial score (nSPS) is 11.9. The Bertz CT molecular complexity index is 600. The first-order chi connectivity index (χ1) is 10.1. The SMILES string of the molecule is CCOc1ccc(NC(=O)[C@@H](C)Sc2nnc(N)s2)cc1. The number of rotatable bonds is 6. The maximum atomic E-state index is 12.1. The molecule has 1 amide bonds. The van der Waals surface area contributed by atoms with Crippen LogP contribution in [-0.2, 0) is 4.79 Å². The lowest BCUT2D eigenvalue weighted by Crippen LogP contribution is -2.22. The molecule has 21 heavy (non-hydrogen) atoms. The fourth-order valence-corrected chi connectivity index (χ4v) is 3.30. The van der Waals surface area contributed by atoms with E-state index in [1.165, 1.54) is 23.1 Å². The molecule has 0 saturated heterocycles. The summed E-state index contributed by atoms with van der Waals surface area (Å²) in [4.78, 5) is 12.1. The van der Waals surface area contributed by atoms with Crippen molar-refractivity contribution in [1.29, 1.82) is 0 Å². The number of nitrogen functional groups attached to an aromatic ring is 1. The van der Waals surface area contributed by atoms with Crippen molar-refractivity contribution < 1.29 is 9.53 Å². The van der Waals surface area contributed by atoms with E-state index in [0.29, 0.717) is 16.1 Å². The minimum atomic E-state index is -0.288. The number of anilines is 2. The Morgan fingerprint density at radius 1 is 1.43 bits per heavy atom. The number of aromatic nitrogens is 2. The summed E-state index contributed by atoms with van der Waals surface area (Å²) in [7, 11) is 0. The lowest BCUT2D eigenvalue weighted by atomic mass is 10.3. The number of thioether (sulfide) groups is 1. The number of carbonyl (C=O) groups excluding carboxylic acids is 1. The zero-order chi connectivity index (χ0) is 15.2. The van der Waals surface area contributed by atoms with Crippen molar-refractivity contribution in [2.45, 2.75) is 23.4 Å². The Morgan fingerprint density at radius 3 is 2.71 bits per heavy atom. The summed E-state index contributed by atoms with van der Waals surface area (Å²) in [6.07, 6.45) is 0. The molecule has 1 heterocycles. The summed E-state index contributed by atoms with van der Waals surface area (Å²) in [5.74, 6) is 0.681. The fourth-order valence-electron chi connectivity index (χ4n) is 1.52. The van der Waals surface area contributed by atoms with E-state index < -0.39 is 0 Å². The van der Waals surface area contributed by atoms with Gasteiger partial charge in [-0.2, -0.15) is 0 Å². The topological polar surface area (TPSA) is 90.1 Å². The molecule has 6 nitrogen and oxygen atoms in total. The van der Waals surface area contributed by atoms with Gasteiger partial charge in [-0.15, -0.1) is 10.2 Å². The van der Waals surface area contributed by atoms with E-state index in [1.807, 2.05) is 38.1 Å². The van der Waals surface area contributed by atoms with Gasteiger partial charge in [-0.1, -0.05) is 23.1 Å². The predicted molar refractivity (Wildman–Crippen MR) is 85.9 cm³/mol. The second-order valence-corrected chi connectivity index (χ2v) is 6.71. The number of hydrogen-bond acceptors (Lipinski definition) is 7. The molecular formula is C13H16N4O2S2. The van der Waals surface area contributed by atoms with Crippen LogP contribution in [0.15, 0.2) is 28.6 Å². The van der Waals surface area contributed by atoms with Crippen LogP contribution in [0.5, 0.6) is 5.75 Å². The molecule has 8 heteroatoms. The molecule has 0 aliphatic rings. The quantitative estimate of drug-likeness (QED) is 0.794. The van der Waals surface area contributed by atoms with E-state index in [0.717, 1.165) is 11.4 Å². The number of nitrogens with two attached hydrogens (primary N) is 1. The molecule has 1 atom stereocenters. The smallest absolute Gasteiger partial charge is 0.237 e. The van der Waals surface area contributed by atoms with Crippen molar-refractivity contribution in [1.82, 2.24) is 10.2 Å². The summed E-state index contributed by atoms with van der Waals surface area (Å²) >= 11 is 2.60. The molecule has 0 aliphatic heterocycles. The molecule has 112 valence electrons. The first-order valence-electron chi connectivity index (χ1n) is 6.38. The van der Waals surface area contributed by atoms with Crippen molar-refractivity contribution in [2.24, 2.45) is 0 Å². The number of carbonyl (C=O) groups is 1. The Kier molecular flexibility index (Phi) is 5.40. The Morgan fingerprint density at radius 2 is 2.14 bits per heavy atom. The van der Waals surface area contributed by atoms with E-state index in [1.54, 1.807) is 0 Å². The highest BCUT2D eigenvalue weighted by Crippen LogP contribution is 2.28. The number of ether oxygens (including phenoxy) is 1. The number of amides is 1. The number of nitrogens with one attached hydrogen (secondary N) is 1. The molecule has 2 rings (SSSR count). The van der Waals surface area contributed by atoms with Gasteiger partial charge in [-0.25, -0.2) is 0 Å². The highest BCUT2D eigenvalue weighted by Gasteiger charge is 2.17. The van der Waals surface area contributed by atoms with Crippen LogP contribution in [0.25, 0.3) is 0 Å². The van der Waals surface area contributed by atoms with Crippen LogP contribution < -0.4 is 15.8 Å². The molecule has 0 spiro atoms. The van der Waals surface area contributed by atoms with Gasteiger partial charge in [0.1, 0.15) is 5.75 Å². The zero-order valence-corrected chi connectivity index (χ0v) is 13.3. The van der Waals surface area contributed by atoms with Gasteiger partial charge in [0.25, 0.3) is 0 Å². The first kappa shape index (κ1) is 15.6. The molecule has 2 aromatic rings. The maximum Gasteiger partial charge on any atom is 0.237 e. The minimum absolute atomic E-state index is 0.0991. The summed E-state index contributed by atoms with van der Waals surface area (Å²) in [6.45, 7) is 4.35. The predicted octanol–water partition coefficient (Wildman–Crippen LogP) is 2.64. The van der Waals surface area contributed by atoms with E-state index in [-0.39, 0.29) is 11.2 Å². The van der Waals surface area contributed by atoms with E-state index >= 15 is 0 Å². The highest BCUT2D eigenvalue weighted by atomic mass is 32.2. The van der Waals surface area contributed by atoms with Crippen LogP contribution in [0.3, 0.4) is 0 Å². The molecular weight excluding hydrogens is 308 g/mol. The van der Waals surface area contributed by atoms with E-state index in [2.05, 4.69) is 15.5 Å². The average Bonchev–Trinajstić information content (AvgIpc) is 2.86. The van der Waals surface area contributed by atoms with Crippen LogP contribution in [0, 0.1) is 0 Å². The van der Waals surface area contributed by atoms with Gasteiger partial charge in [0.15, 0.2) is 4.34 Å². The minimum Gasteiger partial charge on any atom is -0.494 e. The van der Waals surface area contributed by atoms with Gasteiger partial charge in [-0.3, -0.25) is 4.79 Å². The van der Waals surface area contributed by atoms with Crippen LogP contribution in [0.2, 0.25) is 0 Å². The van der Waals surface area contributed by atoms with Crippen LogP contribution in [0.1, 0.15) is 13.8 Å². The van der Waals surface area contributed by atoms with Gasteiger partial charge >= 0.3 is 0 Å². The monoisotopic (exact) mass is 324 g/mol. The second-order valence-electron chi connectivity index (χ2n) is 4.11. The molecule has 0 radical (unpaired) electrons. The van der Waals surface area contributed by atoms with Crippen molar-refractivity contribution >= 4 is 39.8 Å². The van der Waals surface area contributed by atoms with Crippen molar-refractivity contribution in [3.8, 4) is 5.75 Å². The lowest BCUT2D eigenvalue weighted by molar-refractivity contribution is -0.115. The van der Waals surface area contributed by atoms with E-state index in [9.17, 15) is 4.79 Å². The summed E-state index contributed by atoms with van der Waals surface area (Å²) < 4.78 is 6.03. The van der Waals surface area contributed by atoms with Gasteiger partial charge < -0.3 is 15.8 Å². The second kappa shape index (κ2) is 7.28.